The number of pyridine rings is 1. The average molecular weight is 468 g/mol. The summed E-state index contributed by atoms with van der Waals surface area (Å²) in [7, 11) is -3.75. The van der Waals surface area contributed by atoms with Gasteiger partial charge in [-0.15, -0.1) is 0 Å². The number of carbonyl (C=O) groups is 1. The van der Waals surface area contributed by atoms with Crippen LogP contribution in [0.15, 0.2) is 58.5 Å². The number of H-pyrrole nitrogens is 1. The molecule has 6 nitrogen and oxygen atoms in total. The highest BCUT2D eigenvalue weighted by Gasteiger charge is 2.33. The Morgan fingerprint density at radius 3 is 2.42 bits per heavy atom. The summed E-state index contributed by atoms with van der Waals surface area (Å²) in [5, 5.41) is 0.886. The van der Waals surface area contributed by atoms with Crippen LogP contribution in [0.4, 0.5) is 5.69 Å². The van der Waals surface area contributed by atoms with Gasteiger partial charge in [0, 0.05) is 19.2 Å². The molecule has 33 heavy (non-hydrogen) atoms. The van der Waals surface area contributed by atoms with Gasteiger partial charge < -0.3 is 9.64 Å². The molecule has 1 fully saturated rings. The highest BCUT2D eigenvalue weighted by Crippen LogP contribution is 2.37. The highest BCUT2D eigenvalue weighted by molar-refractivity contribution is 7.91. The van der Waals surface area contributed by atoms with Gasteiger partial charge in [0.2, 0.25) is 15.4 Å². The van der Waals surface area contributed by atoms with Gasteiger partial charge in [0.1, 0.15) is 0 Å². The number of hydrogen-bond acceptors (Lipinski definition) is 5. The number of piperidine rings is 1. The van der Waals surface area contributed by atoms with Crippen LogP contribution in [-0.2, 0) is 25.8 Å². The van der Waals surface area contributed by atoms with Gasteiger partial charge in [0.15, 0.2) is 11.1 Å². The molecule has 1 aliphatic rings. The Kier molecular flexibility index (Phi) is 6.70. The molecule has 1 aromatic heterocycles. The molecule has 1 N–H and O–H groups in total. The molecule has 0 atom stereocenters. The molecule has 0 bridgehead atoms. The van der Waals surface area contributed by atoms with E-state index in [1.807, 2.05) is 32.0 Å². The van der Waals surface area contributed by atoms with Crippen LogP contribution in [-0.4, -0.2) is 34.1 Å². The van der Waals surface area contributed by atoms with Crippen molar-refractivity contribution in [2.45, 2.75) is 49.8 Å². The average Bonchev–Trinajstić information content (AvgIpc) is 2.83. The smallest absolute Gasteiger partial charge is 0.309 e. The zero-order valence-electron chi connectivity index (χ0n) is 19.4. The standard InChI is InChI=1S/C26H30N2O4S/c1-4-19-8-11-23-22(16-19)25(28-14-12-20(13-15-28)26(29)32-5-2)24(17-27-23)33(30,31)21-9-6-18(3)7-10-21/h6-11,16-17,20H,4-5,12-15H2,1-3H3/p+1. The maximum absolute atomic E-state index is 13.7. The van der Waals surface area contributed by atoms with E-state index in [0.29, 0.717) is 38.2 Å². The van der Waals surface area contributed by atoms with Crippen LogP contribution in [0.2, 0.25) is 0 Å². The van der Waals surface area contributed by atoms with Gasteiger partial charge >= 0.3 is 5.97 Å². The van der Waals surface area contributed by atoms with Crippen LogP contribution >= 0.6 is 0 Å². The minimum Gasteiger partial charge on any atom is -0.466 e. The van der Waals surface area contributed by atoms with E-state index >= 15 is 0 Å². The molecule has 1 saturated heterocycles. The number of carbonyl (C=O) groups excluding carboxylic acids is 1. The molecule has 0 saturated carbocycles. The number of nitrogens with one attached hydrogen (secondary N) is 1. The van der Waals surface area contributed by atoms with Gasteiger partial charge in [-0.25, -0.2) is 13.4 Å². The second kappa shape index (κ2) is 9.51. The summed E-state index contributed by atoms with van der Waals surface area (Å²) in [4.78, 5) is 18.1. The van der Waals surface area contributed by atoms with Crippen molar-refractivity contribution >= 4 is 32.4 Å². The number of aryl methyl sites for hydroxylation is 2. The first-order valence-electron chi connectivity index (χ1n) is 11.6. The Balaban J connectivity index is 1.82. The first-order chi connectivity index (χ1) is 15.8. The number of nitrogens with zero attached hydrogens (tertiary/aromatic N) is 1. The number of sulfone groups is 1. The summed E-state index contributed by atoms with van der Waals surface area (Å²) in [6.45, 7) is 7.39. The minimum absolute atomic E-state index is 0.147. The molecule has 0 amide bonds. The molecule has 174 valence electrons. The molecule has 7 heteroatoms. The van der Waals surface area contributed by atoms with Gasteiger partial charge in [-0.05, 0) is 56.9 Å². The number of hydrogen-bond donors (Lipinski definition) is 0. The number of benzene rings is 2. The molecule has 3 aromatic rings. The lowest BCUT2D eigenvalue weighted by atomic mass is 9.96. The van der Waals surface area contributed by atoms with E-state index in [9.17, 15) is 13.2 Å². The molecule has 4 rings (SSSR count). The number of ether oxygens (including phenoxy) is 1. The summed E-state index contributed by atoms with van der Waals surface area (Å²) in [6, 6.07) is 13.1. The number of aromatic nitrogens is 1. The quantitative estimate of drug-likeness (QED) is 0.509. The van der Waals surface area contributed by atoms with Crippen molar-refractivity contribution in [3.8, 4) is 0 Å². The van der Waals surface area contributed by atoms with Gasteiger partial charge in [-0.2, -0.15) is 0 Å². The normalized spacial score (nSPS) is 15.1. The second-order valence-electron chi connectivity index (χ2n) is 8.56. The predicted molar refractivity (Wildman–Crippen MR) is 128 cm³/mol. The van der Waals surface area contributed by atoms with Crippen LogP contribution in [0.25, 0.3) is 10.9 Å². The van der Waals surface area contributed by atoms with E-state index in [2.05, 4.69) is 28.9 Å². The van der Waals surface area contributed by atoms with Gasteiger partial charge in [0.25, 0.3) is 0 Å². The molecule has 0 aliphatic carbocycles. The lowest BCUT2D eigenvalue weighted by Crippen LogP contribution is -2.38. The van der Waals surface area contributed by atoms with Crippen molar-refractivity contribution in [1.29, 1.82) is 0 Å². The van der Waals surface area contributed by atoms with Crippen molar-refractivity contribution in [3.63, 3.8) is 0 Å². The Morgan fingerprint density at radius 1 is 1.09 bits per heavy atom. The SMILES string of the molecule is CCOC(=O)C1CCN(c2c(S(=O)(=O)c3ccc(C)cc3)c[nH+]c3ccc(CC)cc23)CC1. The number of anilines is 1. The number of aromatic amines is 1. The fraction of sp³-hybridized carbons (Fsp3) is 0.385. The second-order valence-corrected chi connectivity index (χ2v) is 10.5. The Morgan fingerprint density at radius 2 is 1.79 bits per heavy atom. The maximum Gasteiger partial charge on any atom is 0.309 e. The molecular formula is C26H31N2O4S+. The maximum atomic E-state index is 13.7. The fourth-order valence-electron chi connectivity index (χ4n) is 4.45. The molecule has 0 unspecified atom stereocenters. The van der Waals surface area contributed by atoms with Crippen LogP contribution in [0.1, 0.15) is 37.8 Å². The van der Waals surface area contributed by atoms with E-state index in [1.54, 1.807) is 18.3 Å². The summed E-state index contributed by atoms with van der Waals surface area (Å²) in [5.74, 6) is -0.310. The van der Waals surface area contributed by atoms with E-state index in [4.69, 9.17) is 4.74 Å². The van der Waals surface area contributed by atoms with E-state index in [-0.39, 0.29) is 21.7 Å². The molecule has 0 radical (unpaired) electrons. The predicted octanol–water partition coefficient (Wildman–Crippen LogP) is 4.14. The molecule has 1 aliphatic heterocycles. The third-order valence-corrected chi connectivity index (χ3v) is 8.17. The van der Waals surface area contributed by atoms with Crippen molar-refractivity contribution in [3.05, 3.63) is 59.8 Å². The molecule has 2 heterocycles. The highest BCUT2D eigenvalue weighted by atomic mass is 32.2. The van der Waals surface area contributed by atoms with Gasteiger partial charge in [-0.1, -0.05) is 30.7 Å². The van der Waals surface area contributed by atoms with Crippen molar-refractivity contribution in [2.24, 2.45) is 5.92 Å². The van der Waals surface area contributed by atoms with E-state index < -0.39 is 9.84 Å². The van der Waals surface area contributed by atoms with Crippen LogP contribution in [0.5, 0.6) is 0 Å². The summed E-state index contributed by atoms with van der Waals surface area (Å²) >= 11 is 0. The Labute approximate surface area is 195 Å². The third kappa shape index (κ3) is 4.60. The molecule has 2 aromatic carbocycles. The fourth-order valence-corrected chi connectivity index (χ4v) is 5.91. The monoisotopic (exact) mass is 467 g/mol. The lowest BCUT2D eigenvalue weighted by Gasteiger charge is -2.33. The first-order valence-corrected chi connectivity index (χ1v) is 13.0. The lowest BCUT2D eigenvalue weighted by molar-refractivity contribution is -0.347. The minimum atomic E-state index is -3.75. The molecular weight excluding hydrogens is 436 g/mol. The van der Waals surface area contributed by atoms with E-state index in [1.165, 1.54) is 0 Å². The van der Waals surface area contributed by atoms with Crippen LogP contribution in [0, 0.1) is 12.8 Å². The Bertz CT molecular complexity index is 1260. The molecule has 0 spiro atoms. The largest absolute Gasteiger partial charge is 0.466 e. The zero-order chi connectivity index (χ0) is 23.6. The summed E-state index contributed by atoms with van der Waals surface area (Å²) in [5.41, 5.74) is 3.75. The van der Waals surface area contributed by atoms with Gasteiger partial charge in [-0.3, -0.25) is 4.79 Å². The van der Waals surface area contributed by atoms with Crippen molar-refractivity contribution in [1.82, 2.24) is 0 Å². The topological polar surface area (TPSA) is 77.8 Å². The zero-order valence-corrected chi connectivity index (χ0v) is 20.2. The Hall–Kier alpha value is -2.93. The van der Waals surface area contributed by atoms with Crippen molar-refractivity contribution in [2.75, 3.05) is 24.6 Å². The van der Waals surface area contributed by atoms with Crippen LogP contribution < -0.4 is 9.88 Å². The number of esters is 1. The first kappa shape index (κ1) is 23.2. The van der Waals surface area contributed by atoms with E-state index in [0.717, 1.165) is 28.5 Å². The van der Waals surface area contributed by atoms with Crippen molar-refractivity contribution < 1.29 is 22.9 Å². The van der Waals surface area contributed by atoms with Crippen LogP contribution in [0.3, 0.4) is 0 Å². The number of rotatable bonds is 6. The summed E-state index contributed by atoms with van der Waals surface area (Å²) in [6.07, 6.45) is 3.73. The summed E-state index contributed by atoms with van der Waals surface area (Å²) < 4.78 is 32.7. The number of fused-ring (bicyclic) bond motifs is 1. The van der Waals surface area contributed by atoms with Gasteiger partial charge in [0.05, 0.1) is 28.5 Å². The third-order valence-electron chi connectivity index (χ3n) is 6.39.